The molecule has 1 nitrogen and oxygen atoms in total. The van der Waals surface area contributed by atoms with Gasteiger partial charge < -0.3 is 4.74 Å². The summed E-state index contributed by atoms with van der Waals surface area (Å²) in [5.74, 6) is 0.946. The van der Waals surface area contributed by atoms with Gasteiger partial charge in [0, 0.05) is 0 Å². The van der Waals surface area contributed by atoms with E-state index in [-0.39, 0.29) is 11.5 Å². The molecule has 16 heavy (non-hydrogen) atoms. The lowest BCUT2D eigenvalue weighted by Crippen LogP contribution is -2.06. The molecular formula is C14H19ClO. The average Bonchev–Trinajstić information content (AvgIpc) is 2.41. The highest BCUT2D eigenvalue weighted by Gasteiger charge is 2.17. The molecule has 1 aromatic rings. The number of aryl methyl sites for hydroxylation is 1. The average molecular weight is 239 g/mol. The van der Waals surface area contributed by atoms with Crippen LogP contribution in [0.3, 0.4) is 0 Å². The number of ether oxygens (including phenoxy) is 1. The maximum Gasteiger partial charge on any atom is 0.120 e. The molecule has 0 saturated carbocycles. The van der Waals surface area contributed by atoms with E-state index in [1.165, 1.54) is 24.0 Å². The molecule has 88 valence electrons. The zero-order chi connectivity index (χ0) is 11.5. The van der Waals surface area contributed by atoms with Crippen molar-refractivity contribution in [3.8, 4) is 5.75 Å². The summed E-state index contributed by atoms with van der Waals surface area (Å²) in [6, 6.07) is 6.36. The van der Waals surface area contributed by atoms with Gasteiger partial charge in [0.2, 0.25) is 0 Å². The van der Waals surface area contributed by atoms with Gasteiger partial charge >= 0.3 is 0 Å². The van der Waals surface area contributed by atoms with Gasteiger partial charge in [-0.1, -0.05) is 12.5 Å². The van der Waals surface area contributed by atoms with Crippen molar-refractivity contribution < 1.29 is 4.74 Å². The topological polar surface area (TPSA) is 9.23 Å². The van der Waals surface area contributed by atoms with Gasteiger partial charge in [-0.2, -0.15) is 0 Å². The molecule has 0 aliphatic heterocycles. The highest BCUT2D eigenvalue weighted by atomic mass is 35.5. The van der Waals surface area contributed by atoms with Crippen LogP contribution in [0.5, 0.6) is 5.75 Å². The minimum absolute atomic E-state index is 0.160. The molecular weight excluding hydrogens is 220 g/mol. The van der Waals surface area contributed by atoms with Gasteiger partial charge in [0.15, 0.2) is 0 Å². The molecule has 1 aliphatic rings. The molecule has 1 aromatic carbocycles. The van der Waals surface area contributed by atoms with Crippen LogP contribution in [0.1, 0.15) is 49.6 Å². The van der Waals surface area contributed by atoms with Crippen molar-refractivity contribution >= 4 is 11.6 Å². The first-order valence-corrected chi connectivity index (χ1v) is 6.54. The van der Waals surface area contributed by atoms with Crippen molar-refractivity contribution in [2.24, 2.45) is 0 Å². The molecule has 0 N–H and O–H groups in total. The van der Waals surface area contributed by atoms with Gasteiger partial charge in [0.05, 0.1) is 11.5 Å². The third-order valence-corrected chi connectivity index (χ3v) is 3.43. The fourth-order valence-corrected chi connectivity index (χ4v) is 2.59. The van der Waals surface area contributed by atoms with Gasteiger partial charge in [-0.25, -0.2) is 0 Å². The number of hydrogen-bond donors (Lipinski definition) is 0. The van der Waals surface area contributed by atoms with E-state index in [4.69, 9.17) is 16.3 Å². The predicted molar refractivity (Wildman–Crippen MR) is 68.4 cm³/mol. The van der Waals surface area contributed by atoms with Gasteiger partial charge in [-0.3, -0.25) is 0 Å². The van der Waals surface area contributed by atoms with Crippen molar-refractivity contribution in [1.29, 1.82) is 0 Å². The minimum atomic E-state index is 0.160. The van der Waals surface area contributed by atoms with Crippen LogP contribution >= 0.6 is 11.6 Å². The molecule has 1 unspecified atom stereocenters. The Morgan fingerprint density at radius 2 is 2.12 bits per heavy atom. The SMILES string of the molecule is CC(C)Oc1ccc2c(c1)C(Cl)CCCC2. The van der Waals surface area contributed by atoms with Crippen molar-refractivity contribution in [1.82, 2.24) is 0 Å². The summed E-state index contributed by atoms with van der Waals surface area (Å²) < 4.78 is 5.71. The quantitative estimate of drug-likeness (QED) is 0.545. The Balaban J connectivity index is 2.28. The maximum atomic E-state index is 6.40. The summed E-state index contributed by atoms with van der Waals surface area (Å²) in [6.07, 6.45) is 4.93. The largest absolute Gasteiger partial charge is 0.491 e. The lowest BCUT2D eigenvalue weighted by molar-refractivity contribution is 0.242. The van der Waals surface area contributed by atoms with Gasteiger partial charge in [0.1, 0.15) is 5.75 Å². The van der Waals surface area contributed by atoms with Crippen molar-refractivity contribution in [3.05, 3.63) is 29.3 Å². The molecule has 2 rings (SSSR count). The summed E-state index contributed by atoms with van der Waals surface area (Å²) in [7, 11) is 0. The Morgan fingerprint density at radius 1 is 1.31 bits per heavy atom. The number of halogens is 1. The smallest absolute Gasteiger partial charge is 0.120 e. The molecule has 0 radical (unpaired) electrons. The van der Waals surface area contributed by atoms with E-state index in [1.54, 1.807) is 0 Å². The Kier molecular flexibility index (Phi) is 3.75. The Hall–Kier alpha value is -0.690. The second-order valence-corrected chi connectivity index (χ2v) is 5.27. The summed E-state index contributed by atoms with van der Waals surface area (Å²) in [4.78, 5) is 0. The van der Waals surface area contributed by atoms with Crippen molar-refractivity contribution in [3.63, 3.8) is 0 Å². The van der Waals surface area contributed by atoms with Crippen molar-refractivity contribution in [2.45, 2.75) is 51.0 Å². The summed E-state index contributed by atoms with van der Waals surface area (Å²) >= 11 is 6.40. The Labute approximate surface area is 103 Å². The minimum Gasteiger partial charge on any atom is -0.491 e. The van der Waals surface area contributed by atoms with E-state index < -0.39 is 0 Å². The molecule has 0 amide bonds. The summed E-state index contributed by atoms with van der Waals surface area (Å²) in [5.41, 5.74) is 2.67. The zero-order valence-electron chi connectivity index (χ0n) is 10.0. The first kappa shape index (κ1) is 11.8. The highest BCUT2D eigenvalue weighted by Crippen LogP contribution is 2.35. The van der Waals surface area contributed by atoms with E-state index >= 15 is 0 Å². The standard InChI is InChI=1S/C14H19ClO/c1-10(2)16-12-8-7-11-5-3-4-6-14(15)13(11)9-12/h7-10,14H,3-6H2,1-2H3. The second-order valence-electron chi connectivity index (χ2n) is 4.74. The van der Waals surface area contributed by atoms with Crippen LogP contribution in [0.4, 0.5) is 0 Å². The molecule has 1 atom stereocenters. The zero-order valence-corrected chi connectivity index (χ0v) is 10.8. The van der Waals surface area contributed by atoms with Crippen LogP contribution in [-0.2, 0) is 6.42 Å². The number of hydrogen-bond acceptors (Lipinski definition) is 1. The molecule has 0 heterocycles. The van der Waals surface area contributed by atoms with E-state index in [2.05, 4.69) is 18.2 Å². The molecule has 0 fully saturated rings. The molecule has 2 heteroatoms. The number of benzene rings is 1. The Morgan fingerprint density at radius 3 is 2.88 bits per heavy atom. The van der Waals surface area contributed by atoms with Crippen LogP contribution in [-0.4, -0.2) is 6.10 Å². The normalized spacial score (nSPS) is 20.4. The van der Waals surface area contributed by atoms with Crippen LogP contribution in [0, 0.1) is 0 Å². The molecule has 0 aromatic heterocycles. The van der Waals surface area contributed by atoms with E-state index in [1.807, 2.05) is 13.8 Å². The van der Waals surface area contributed by atoms with Crippen LogP contribution in [0.15, 0.2) is 18.2 Å². The lowest BCUT2D eigenvalue weighted by Gasteiger charge is -2.15. The van der Waals surface area contributed by atoms with Crippen molar-refractivity contribution in [2.75, 3.05) is 0 Å². The maximum absolute atomic E-state index is 6.40. The first-order valence-electron chi connectivity index (χ1n) is 6.10. The molecule has 1 aliphatic carbocycles. The fourth-order valence-electron chi connectivity index (χ4n) is 2.23. The summed E-state index contributed by atoms with van der Waals surface area (Å²) in [5, 5.41) is 0.160. The second kappa shape index (κ2) is 5.09. The molecule has 0 bridgehead atoms. The third-order valence-electron chi connectivity index (χ3n) is 2.98. The fraction of sp³-hybridized carbons (Fsp3) is 0.571. The van der Waals surface area contributed by atoms with Crippen LogP contribution in [0.25, 0.3) is 0 Å². The summed E-state index contributed by atoms with van der Waals surface area (Å²) in [6.45, 7) is 4.09. The number of fused-ring (bicyclic) bond motifs is 1. The Bertz CT molecular complexity index is 360. The van der Waals surface area contributed by atoms with Gasteiger partial charge in [0.25, 0.3) is 0 Å². The highest BCUT2D eigenvalue weighted by molar-refractivity contribution is 6.20. The predicted octanol–water partition coefficient (Wildman–Crippen LogP) is 4.48. The van der Waals surface area contributed by atoms with Crippen LogP contribution < -0.4 is 4.74 Å². The lowest BCUT2D eigenvalue weighted by atomic mass is 10.0. The number of rotatable bonds is 2. The van der Waals surface area contributed by atoms with Gasteiger partial charge in [-0.05, 0) is 56.4 Å². The van der Waals surface area contributed by atoms with E-state index in [0.717, 1.165) is 18.6 Å². The van der Waals surface area contributed by atoms with Crippen LogP contribution in [0.2, 0.25) is 0 Å². The molecule has 0 saturated heterocycles. The van der Waals surface area contributed by atoms with Gasteiger partial charge in [-0.15, -0.1) is 11.6 Å². The van der Waals surface area contributed by atoms with E-state index in [0.29, 0.717) is 0 Å². The molecule has 0 spiro atoms. The number of alkyl halides is 1. The van der Waals surface area contributed by atoms with E-state index in [9.17, 15) is 0 Å². The monoisotopic (exact) mass is 238 g/mol. The first-order chi connectivity index (χ1) is 7.66. The third kappa shape index (κ3) is 2.70.